The van der Waals surface area contributed by atoms with Crippen molar-refractivity contribution in [3.63, 3.8) is 0 Å². The fraction of sp³-hybridized carbons (Fsp3) is 0.154. The van der Waals surface area contributed by atoms with Crippen LogP contribution in [0.5, 0.6) is 11.5 Å². The molecule has 1 aromatic heterocycles. The molecule has 0 aliphatic carbocycles. The molecular weight excluding hydrogens is 364 g/mol. The van der Waals surface area contributed by atoms with E-state index >= 15 is 0 Å². The average molecular weight is 374 g/mol. The number of carboxylic acids is 1. The summed E-state index contributed by atoms with van der Waals surface area (Å²) in [7, 11) is 2.95. The summed E-state index contributed by atoms with van der Waals surface area (Å²) in [6.07, 6.45) is 1.37. The molecule has 2 rings (SSSR count). The maximum absolute atomic E-state index is 11.1. The van der Waals surface area contributed by atoms with E-state index in [1.807, 2.05) is 0 Å². The van der Waals surface area contributed by atoms with Crippen LogP contribution in [-0.4, -0.2) is 35.3 Å². The zero-order chi connectivity index (χ0) is 15.6. The predicted octanol–water partition coefficient (Wildman–Crippen LogP) is 3.27. The summed E-state index contributed by atoms with van der Waals surface area (Å²) in [5.41, 5.74) is 0.388. The molecule has 0 fully saturated rings. The van der Waals surface area contributed by atoms with Crippen LogP contribution in [0.2, 0.25) is 5.02 Å². The van der Waals surface area contributed by atoms with Crippen molar-refractivity contribution in [2.75, 3.05) is 14.2 Å². The van der Waals surface area contributed by atoms with Crippen LogP contribution in [0, 0.1) is 0 Å². The first-order chi connectivity index (χ1) is 9.97. The van der Waals surface area contributed by atoms with Gasteiger partial charge in [-0.2, -0.15) is 0 Å². The second-order valence-corrected chi connectivity index (χ2v) is 5.15. The third kappa shape index (κ3) is 3.08. The van der Waals surface area contributed by atoms with E-state index < -0.39 is 5.97 Å². The third-order valence-corrected chi connectivity index (χ3v) is 3.50. The Balaban J connectivity index is 2.59. The highest BCUT2D eigenvalue weighted by atomic mass is 79.9. The Bertz CT molecular complexity index is 709. The fourth-order valence-electron chi connectivity index (χ4n) is 1.70. The summed E-state index contributed by atoms with van der Waals surface area (Å²) in [5.74, 6) is -0.141. The number of aromatic carboxylic acids is 1. The summed E-state index contributed by atoms with van der Waals surface area (Å²) in [6, 6.07) is 3.21. The molecule has 0 spiro atoms. The number of benzene rings is 1. The molecule has 0 saturated carbocycles. The summed E-state index contributed by atoms with van der Waals surface area (Å²) in [4.78, 5) is 19.2. The van der Waals surface area contributed by atoms with Gasteiger partial charge >= 0.3 is 5.97 Å². The first kappa shape index (κ1) is 15.5. The van der Waals surface area contributed by atoms with Crippen molar-refractivity contribution >= 4 is 33.5 Å². The van der Waals surface area contributed by atoms with E-state index in [9.17, 15) is 4.79 Å². The van der Waals surface area contributed by atoms with Crippen LogP contribution < -0.4 is 9.47 Å². The number of carbonyl (C=O) groups is 1. The molecule has 110 valence electrons. The van der Waals surface area contributed by atoms with E-state index in [0.717, 1.165) is 0 Å². The number of carboxylic acid groups (broad SMARTS) is 1. The van der Waals surface area contributed by atoms with E-state index in [1.165, 1.54) is 20.4 Å². The van der Waals surface area contributed by atoms with Crippen molar-refractivity contribution in [3.05, 3.63) is 33.5 Å². The molecule has 2 aromatic rings. The second-order valence-electron chi connectivity index (χ2n) is 3.89. The van der Waals surface area contributed by atoms with Crippen molar-refractivity contribution in [2.45, 2.75) is 0 Å². The number of nitrogens with zero attached hydrogens (tertiary/aromatic N) is 2. The summed E-state index contributed by atoms with van der Waals surface area (Å²) in [5, 5.41) is 9.40. The summed E-state index contributed by atoms with van der Waals surface area (Å²) < 4.78 is 10.6. The van der Waals surface area contributed by atoms with E-state index in [4.69, 9.17) is 26.2 Å². The Morgan fingerprint density at radius 1 is 1.33 bits per heavy atom. The van der Waals surface area contributed by atoms with Gasteiger partial charge in [0.25, 0.3) is 0 Å². The van der Waals surface area contributed by atoms with Gasteiger partial charge < -0.3 is 14.6 Å². The van der Waals surface area contributed by atoms with Crippen molar-refractivity contribution in [3.8, 4) is 22.9 Å². The van der Waals surface area contributed by atoms with Crippen LogP contribution in [0.3, 0.4) is 0 Å². The molecule has 0 unspecified atom stereocenters. The van der Waals surface area contributed by atoms with Crippen LogP contribution in [0.15, 0.2) is 22.8 Å². The monoisotopic (exact) mass is 372 g/mol. The van der Waals surface area contributed by atoms with Gasteiger partial charge in [-0.15, -0.1) is 0 Å². The van der Waals surface area contributed by atoms with Crippen molar-refractivity contribution in [1.29, 1.82) is 0 Å². The highest BCUT2D eigenvalue weighted by molar-refractivity contribution is 9.10. The average Bonchev–Trinajstić information content (AvgIpc) is 2.46. The largest absolute Gasteiger partial charge is 0.493 e. The van der Waals surface area contributed by atoms with Crippen LogP contribution in [-0.2, 0) is 0 Å². The quantitative estimate of drug-likeness (QED) is 0.886. The van der Waals surface area contributed by atoms with E-state index in [2.05, 4.69) is 25.9 Å². The SMILES string of the molecule is COc1cc(-c2ncc(Br)c(C(=O)O)n2)cc(Cl)c1OC. The topological polar surface area (TPSA) is 81.5 Å². The number of halogens is 2. The highest BCUT2D eigenvalue weighted by Gasteiger charge is 2.16. The highest BCUT2D eigenvalue weighted by Crippen LogP contribution is 2.38. The van der Waals surface area contributed by atoms with E-state index in [0.29, 0.717) is 26.6 Å². The molecule has 8 heteroatoms. The Kier molecular flexibility index (Phi) is 4.64. The van der Waals surface area contributed by atoms with Gasteiger partial charge in [0.15, 0.2) is 23.0 Å². The summed E-state index contributed by atoms with van der Waals surface area (Å²) >= 11 is 9.20. The summed E-state index contributed by atoms with van der Waals surface area (Å²) in [6.45, 7) is 0. The normalized spacial score (nSPS) is 10.3. The molecular formula is C13H10BrClN2O4. The van der Waals surface area contributed by atoms with Crippen molar-refractivity contribution in [2.24, 2.45) is 0 Å². The lowest BCUT2D eigenvalue weighted by atomic mass is 10.2. The molecule has 0 radical (unpaired) electrons. The molecule has 0 aliphatic rings. The Morgan fingerprint density at radius 3 is 2.62 bits per heavy atom. The zero-order valence-corrected chi connectivity index (χ0v) is 13.4. The minimum absolute atomic E-state index is 0.133. The molecule has 0 atom stereocenters. The first-order valence-corrected chi connectivity index (χ1v) is 6.82. The number of hydrogen-bond donors (Lipinski definition) is 1. The standard InChI is InChI=1S/C13H10BrClN2O4/c1-20-9-4-6(3-8(15)11(9)21-2)12-16-5-7(14)10(17-12)13(18)19/h3-5H,1-2H3,(H,18,19). The van der Waals surface area contributed by atoms with E-state index in [1.54, 1.807) is 12.1 Å². The number of methoxy groups -OCH3 is 2. The maximum Gasteiger partial charge on any atom is 0.355 e. The third-order valence-electron chi connectivity index (χ3n) is 2.64. The van der Waals surface area contributed by atoms with E-state index in [-0.39, 0.29) is 11.5 Å². The van der Waals surface area contributed by atoms with Crippen LogP contribution >= 0.6 is 27.5 Å². The molecule has 1 N–H and O–H groups in total. The van der Waals surface area contributed by atoms with Gasteiger partial charge in [0.2, 0.25) is 0 Å². The number of aromatic nitrogens is 2. The molecule has 6 nitrogen and oxygen atoms in total. The van der Waals surface area contributed by atoms with Gasteiger partial charge in [-0.05, 0) is 28.1 Å². The molecule has 21 heavy (non-hydrogen) atoms. The minimum atomic E-state index is -1.16. The lowest BCUT2D eigenvalue weighted by molar-refractivity contribution is 0.0689. The Labute approximate surface area is 133 Å². The van der Waals surface area contributed by atoms with Crippen LogP contribution in [0.1, 0.15) is 10.5 Å². The molecule has 1 heterocycles. The lowest BCUT2D eigenvalue weighted by Crippen LogP contribution is -2.04. The number of ether oxygens (including phenoxy) is 2. The number of rotatable bonds is 4. The van der Waals surface area contributed by atoms with Gasteiger partial charge in [-0.25, -0.2) is 14.8 Å². The Hall–Kier alpha value is -1.86. The maximum atomic E-state index is 11.1. The van der Waals surface area contributed by atoms with Gasteiger partial charge in [0, 0.05) is 11.8 Å². The van der Waals surface area contributed by atoms with Crippen molar-refractivity contribution in [1.82, 2.24) is 9.97 Å². The fourth-order valence-corrected chi connectivity index (χ4v) is 2.35. The van der Waals surface area contributed by atoms with Crippen LogP contribution in [0.4, 0.5) is 0 Å². The molecule has 0 saturated heterocycles. The Morgan fingerprint density at radius 2 is 2.05 bits per heavy atom. The molecule has 0 bridgehead atoms. The molecule has 1 aromatic carbocycles. The molecule has 0 aliphatic heterocycles. The minimum Gasteiger partial charge on any atom is -0.493 e. The van der Waals surface area contributed by atoms with Gasteiger partial charge in [0.05, 0.1) is 23.7 Å². The van der Waals surface area contributed by atoms with Gasteiger partial charge in [-0.1, -0.05) is 11.6 Å². The molecule has 0 amide bonds. The lowest BCUT2D eigenvalue weighted by Gasteiger charge is -2.11. The number of hydrogen-bond acceptors (Lipinski definition) is 5. The van der Waals surface area contributed by atoms with Gasteiger partial charge in [0.1, 0.15) is 0 Å². The smallest absolute Gasteiger partial charge is 0.355 e. The van der Waals surface area contributed by atoms with Crippen LogP contribution in [0.25, 0.3) is 11.4 Å². The first-order valence-electron chi connectivity index (χ1n) is 5.65. The predicted molar refractivity (Wildman–Crippen MR) is 80.2 cm³/mol. The second kappa shape index (κ2) is 6.28. The van der Waals surface area contributed by atoms with Crippen molar-refractivity contribution < 1.29 is 19.4 Å². The van der Waals surface area contributed by atoms with Gasteiger partial charge in [-0.3, -0.25) is 0 Å². The zero-order valence-electron chi connectivity index (χ0n) is 11.1.